The number of carbonyl (C=O) groups excluding carboxylic acids is 1. The van der Waals surface area contributed by atoms with Crippen molar-refractivity contribution in [3.63, 3.8) is 0 Å². The van der Waals surface area contributed by atoms with Crippen molar-refractivity contribution in [2.24, 2.45) is 5.73 Å². The maximum atomic E-state index is 10.4. The first-order valence-corrected chi connectivity index (χ1v) is 6.04. The van der Waals surface area contributed by atoms with Crippen molar-refractivity contribution < 1.29 is 9.53 Å². The van der Waals surface area contributed by atoms with Crippen molar-refractivity contribution in [3.05, 3.63) is 0 Å². The lowest BCUT2D eigenvalue weighted by molar-refractivity contribution is -0.122. The van der Waals surface area contributed by atoms with Gasteiger partial charge in [-0.1, -0.05) is 6.92 Å². The Bertz CT molecular complexity index is 203. The van der Waals surface area contributed by atoms with Crippen molar-refractivity contribution in [2.45, 2.75) is 25.8 Å². The summed E-state index contributed by atoms with van der Waals surface area (Å²) in [5.74, 6) is -0.406. The van der Waals surface area contributed by atoms with Gasteiger partial charge < -0.3 is 20.7 Å². The molecule has 1 saturated heterocycles. The van der Waals surface area contributed by atoms with E-state index in [4.69, 9.17) is 10.5 Å². The molecule has 0 bridgehead atoms. The molecule has 0 aromatic carbocycles. The molecule has 1 fully saturated rings. The first-order chi connectivity index (χ1) is 7.72. The Balaban J connectivity index is 1.96. The smallest absolute Gasteiger partial charge is 0.243 e. The van der Waals surface area contributed by atoms with E-state index in [-0.39, 0.29) is 6.61 Å². The van der Waals surface area contributed by atoms with Crippen molar-refractivity contribution in [1.82, 2.24) is 10.2 Å². The van der Waals surface area contributed by atoms with Crippen LogP contribution in [0.15, 0.2) is 0 Å². The van der Waals surface area contributed by atoms with Crippen LogP contribution in [0, 0.1) is 0 Å². The number of nitrogens with zero attached hydrogens (tertiary/aromatic N) is 1. The predicted octanol–water partition coefficient (Wildman–Crippen LogP) is -0.438. The molecular weight excluding hydrogens is 206 g/mol. The summed E-state index contributed by atoms with van der Waals surface area (Å²) in [4.78, 5) is 12.9. The van der Waals surface area contributed by atoms with Crippen LogP contribution in [0.1, 0.15) is 19.8 Å². The number of piperidine rings is 1. The molecule has 1 heterocycles. The van der Waals surface area contributed by atoms with Crippen molar-refractivity contribution >= 4 is 5.91 Å². The van der Waals surface area contributed by atoms with Crippen LogP contribution in [-0.4, -0.2) is 56.2 Å². The van der Waals surface area contributed by atoms with Crippen LogP contribution < -0.4 is 11.1 Å². The quantitative estimate of drug-likeness (QED) is 0.581. The zero-order valence-corrected chi connectivity index (χ0v) is 10.1. The number of likely N-dealkylation sites (tertiary alicyclic amines) is 1. The van der Waals surface area contributed by atoms with Crippen LogP contribution >= 0.6 is 0 Å². The van der Waals surface area contributed by atoms with Crippen LogP contribution in [0.2, 0.25) is 0 Å². The molecule has 0 atom stereocenters. The third kappa shape index (κ3) is 5.44. The number of carbonyl (C=O) groups is 1. The molecule has 0 aromatic heterocycles. The molecule has 0 radical (unpaired) electrons. The fourth-order valence-corrected chi connectivity index (χ4v) is 1.96. The van der Waals surface area contributed by atoms with Gasteiger partial charge in [0.1, 0.15) is 6.61 Å². The fourth-order valence-electron chi connectivity index (χ4n) is 1.96. The van der Waals surface area contributed by atoms with Gasteiger partial charge in [0, 0.05) is 12.6 Å². The van der Waals surface area contributed by atoms with Crippen LogP contribution in [0.4, 0.5) is 0 Å². The molecule has 0 unspecified atom stereocenters. The Morgan fingerprint density at radius 3 is 2.75 bits per heavy atom. The summed E-state index contributed by atoms with van der Waals surface area (Å²) in [6.07, 6.45) is 2.40. The van der Waals surface area contributed by atoms with Gasteiger partial charge in [0.15, 0.2) is 0 Å². The van der Waals surface area contributed by atoms with Gasteiger partial charge in [-0.2, -0.15) is 0 Å². The summed E-state index contributed by atoms with van der Waals surface area (Å²) >= 11 is 0. The van der Waals surface area contributed by atoms with Crippen molar-refractivity contribution in [1.29, 1.82) is 0 Å². The van der Waals surface area contributed by atoms with Gasteiger partial charge in [0.2, 0.25) is 5.91 Å². The second kappa shape index (κ2) is 7.60. The molecule has 16 heavy (non-hydrogen) atoms. The van der Waals surface area contributed by atoms with E-state index in [1.165, 1.54) is 25.9 Å². The summed E-state index contributed by atoms with van der Waals surface area (Å²) in [6, 6.07) is 0.597. The van der Waals surface area contributed by atoms with Gasteiger partial charge in [0.25, 0.3) is 0 Å². The Morgan fingerprint density at radius 1 is 1.50 bits per heavy atom. The van der Waals surface area contributed by atoms with Crippen LogP contribution in [0.3, 0.4) is 0 Å². The van der Waals surface area contributed by atoms with E-state index >= 15 is 0 Å². The van der Waals surface area contributed by atoms with E-state index < -0.39 is 5.91 Å². The van der Waals surface area contributed by atoms with E-state index in [2.05, 4.69) is 17.1 Å². The maximum Gasteiger partial charge on any atom is 0.243 e. The minimum atomic E-state index is -0.406. The summed E-state index contributed by atoms with van der Waals surface area (Å²) in [5.41, 5.74) is 4.96. The first kappa shape index (κ1) is 13.4. The standard InChI is InChI=1S/C11H23N3O2/c1-2-14-6-3-10(4-7-14)13-5-8-16-9-11(12)15/h10,13H,2-9H2,1H3,(H2,12,15). The third-order valence-electron chi connectivity index (χ3n) is 2.96. The van der Waals surface area contributed by atoms with Crippen molar-refractivity contribution in [2.75, 3.05) is 39.4 Å². The number of rotatable bonds is 7. The highest BCUT2D eigenvalue weighted by molar-refractivity contribution is 5.74. The number of nitrogens with one attached hydrogen (secondary N) is 1. The van der Waals surface area contributed by atoms with Gasteiger partial charge in [-0.25, -0.2) is 0 Å². The molecule has 0 spiro atoms. The molecule has 1 aliphatic rings. The molecule has 5 nitrogen and oxygen atoms in total. The number of hydrogen-bond acceptors (Lipinski definition) is 4. The summed E-state index contributed by atoms with van der Waals surface area (Å²) in [5, 5.41) is 3.44. The highest BCUT2D eigenvalue weighted by Crippen LogP contribution is 2.09. The topological polar surface area (TPSA) is 67.6 Å². The van der Waals surface area contributed by atoms with E-state index in [1.54, 1.807) is 0 Å². The predicted molar refractivity (Wildman–Crippen MR) is 63.2 cm³/mol. The van der Waals surface area contributed by atoms with Gasteiger partial charge in [-0.3, -0.25) is 4.79 Å². The van der Waals surface area contributed by atoms with Crippen LogP contribution in [0.5, 0.6) is 0 Å². The van der Waals surface area contributed by atoms with E-state index in [9.17, 15) is 4.79 Å². The molecule has 1 aliphatic heterocycles. The monoisotopic (exact) mass is 229 g/mol. The Morgan fingerprint density at radius 2 is 2.19 bits per heavy atom. The molecule has 5 heteroatoms. The lowest BCUT2D eigenvalue weighted by atomic mass is 10.1. The van der Waals surface area contributed by atoms with Crippen LogP contribution in [-0.2, 0) is 9.53 Å². The highest BCUT2D eigenvalue weighted by atomic mass is 16.5. The lowest BCUT2D eigenvalue weighted by Gasteiger charge is -2.31. The minimum Gasteiger partial charge on any atom is -0.370 e. The number of ether oxygens (including phenoxy) is 1. The Labute approximate surface area is 97.3 Å². The SMILES string of the molecule is CCN1CCC(NCCOCC(N)=O)CC1. The molecule has 0 aliphatic carbocycles. The largest absolute Gasteiger partial charge is 0.370 e. The zero-order chi connectivity index (χ0) is 11.8. The second-order valence-electron chi connectivity index (χ2n) is 4.18. The number of hydrogen-bond donors (Lipinski definition) is 2. The zero-order valence-electron chi connectivity index (χ0n) is 10.1. The average molecular weight is 229 g/mol. The molecule has 1 rings (SSSR count). The van der Waals surface area contributed by atoms with Gasteiger partial charge in [0.05, 0.1) is 6.61 Å². The normalized spacial score (nSPS) is 18.8. The Hall–Kier alpha value is -0.650. The molecule has 0 aromatic rings. The summed E-state index contributed by atoms with van der Waals surface area (Å²) in [7, 11) is 0. The second-order valence-corrected chi connectivity index (χ2v) is 4.18. The van der Waals surface area contributed by atoms with Gasteiger partial charge in [-0.05, 0) is 32.5 Å². The number of primary amides is 1. The summed E-state index contributed by atoms with van der Waals surface area (Å²) < 4.78 is 5.08. The van der Waals surface area contributed by atoms with E-state index in [1.807, 2.05) is 0 Å². The average Bonchev–Trinajstić information content (AvgIpc) is 2.29. The minimum absolute atomic E-state index is 0.0238. The fraction of sp³-hybridized carbons (Fsp3) is 0.909. The highest BCUT2D eigenvalue weighted by Gasteiger charge is 2.16. The van der Waals surface area contributed by atoms with Gasteiger partial charge in [-0.15, -0.1) is 0 Å². The third-order valence-corrected chi connectivity index (χ3v) is 2.96. The summed E-state index contributed by atoms with van der Waals surface area (Å²) in [6.45, 7) is 7.07. The van der Waals surface area contributed by atoms with Crippen molar-refractivity contribution in [3.8, 4) is 0 Å². The van der Waals surface area contributed by atoms with E-state index in [0.29, 0.717) is 12.6 Å². The van der Waals surface area contributed by atoms with Gasteiger partial charge >= 0.3 is 0 Å². The molecule has 1 amide bonds. The van der Waals surface area contributed by atoms with E-state index in [0.717, 1.165) is 13.1 Å². The molecule has 3 N–H and O–H groups in total. The molecule has 94 valence electrons. The number of nitrogens with two attached hydrogens (primary N) is 1. The Kier molecular flexibility index (Phi) is 6.37. The lowest BCUT2D eigenvalue weighted by Crippen LogP contribution is -2.43. The van der Waals surface area contributed by atoms with Crippen LogP contribution in [0.25, 0.3) is 0 Å². The molecule has 0 saturated carbocycles. The maximum absolute atomic E-state index is 10.4. The number of amides is 1. The molecular formula is C11H23N3O2. The first-order valence-electron chi connectivity index (χ1n) is 6.04.